The van der Waals surface area contributed by atoms with Gasteiger partial charge in [-0.3, -0.25) is 9.10 Å². The van der Waals surface area contributed by atoms with Crippen LogP contribution in [-0.4, -0.2) is 40.8 Å². The topological polar surface area (TPSA) is 84.9 Å². The third-order valence-corrected chi connectivity index (χ3v) is 6.07. The third kappa shape index (κ3) is 5.58. The number of sulfonamides is 1. The third-order valence-electron chi connectivity index (χ3n) is 4.65. The molecule has 0 fully saturated rings. The summed E-state index contributed by atoms with van der Waals surface area (Å²) in [4.78, 5) is 13.1. The van der Waals surface area contributed by atoms with E-state index in [9.17, 15) is 13.2 Å². The van der Waals surface area contributed by atoms with Gasteiger partial charge in [-0.05, 0) is 49.7 Å². The van der Waals surface area contributed by atoms with Crippen LogP contribution in [0.1, 0.15) is 31.9 Å². The predicted molar refractivity (Wildman–Crippen MR) is 119 cm³/mol. The molecular weight excluding hydrogens is 428 g/mol. The van der Waals surface area contributed by atoms with E-state index >= 15 is 0 Å². The summed E-state index contributed by atoms with van der Waals surface area (Å²) >= 11 is 6.04. The van der Waals surface area contributed by atoms with Gasteiger partial charge >= 0.3 is 0 Å². The van der Waals surface area contributed by atoms with E-state index < -0.39 is 28.0 Å². The first-order chi connectivity index (χ1) is 14.1. The van der Waals surface area contributed by atoms with Crippen molar-refractivity contribution in [2.24, 2.45) is 0 Å². The number of methoxy groups -OCH3 is 2. The van der Waals surface area contributed by atoms with Crippen LogP contribution in [-0.2, 0) is 14.8 Å². The zero-order valence-corrected chi connectivity index (χ0v) is 19.3. The van der Waals surface area contributed by atoms with Gasteiger partial charge in [0.1, 0.15) is 17.5 Å². The van der Waals surface area contributed by atoms with Gasteiger partial charge in [-0.15, -0.1) is 0 Å². The average Bonchev–Trinajstić information content (AvgIpc) is 2.70. The quantitative estimate of drug-likeness (QED) is 0.623. The van der Waals surface area contributed by atoms with Crippen LogP contribution < -0.4 is 19.1 Å². The highest BCUT2D eigenvalue weighted by Crippen LogP contribution is 2.30. The predicted octanol–water partition coefficient (Wildman–Crippen LogP) is 3.78. The van der Waals surface area contributed by atoms with E-state index in [1.807, 2.05) is 0 Å². The molecule has 0 spiro atoms. The standard InChI is InChI=1S/C21H27ClN2O5S/c1-6-19(24(30(5,26)27)16-9-7-8-15(22)12-16)21(25)23-14(2)18-13-17(28-3)10-11-20(18)29-4/h7-14,19H,6H2,1-5H3,(H,23,25)/t14-,19+/m0/s1. The molecule has 2 aromatic rings. The van der Waals surface area contributed by atoms with E-state index in [0.717, 1.165) is 10.6 Å². The first kappa shape index (κ1) is 23.8. The summed E-state index contributed by atoms with van der Waals surface area (Å²) < 4.78 is 36.9. The van der Waals surface area contributed by atoms with Crippen molar-refractivity contribution in [1.29, 1.82) is 0 Å². The largest absolute Gasteiger partial charge is 0.497 e. The number of nitrogens with zero attached hydrogens (tertiary/aromatic N) is 1. The number of ether oxygens (including phenoxy) is 2. The number of carbonyl (C=O) groups is 1. The molecule has 0 unspecified atom stereocenters. The summed E-state index contributed by atoms with van der Waals surface area (Å²) in [6.07, 6.45) is 1.34. The fourth-order valence-corrected chi connectivity index (χ4v) is 4.63. The van der Waals surface area contributed by atoms with Gasteiger partial charge in [0.25, 0.3) is 0 Å². The zero-order chi connectivity index (χ0) is 22.5. The van der Waals surface area contributed by atoms with Crippen molar-refractivity contribution >= 4 is 33.2 Å². The second kappa shape index (κ2) is 10.0. The Labute approximate surface area is 183 Å². The first-order valence-electron chi connectivity index (χ1n) is 9.39. The van der Waals surface area contributed by atoms with Crippen LogP contribution in [0.4, 0.5) is 5.69 Å². The fourth-order valence-electron chi connectivity index (χ4n) is 3.24. The molecule has 164 valence electrons. The Hall–Kier alpha value is -2.45. The molecule has 2 rings (SSSR count). The molecule has 2 aromatic carbocycles. The van der Waals surface area contributed by atoms with Crippen LogP contribution in [0, 0.1) is 0 Å². The lowest BCUT2D eigenvalue weighted by Crippen LogP contribution is -2.49. The summed E-state index contributed by atoms with van der Waals surface area (Å²) in [7, 11) is -0.652. The maximum Gasteiger partial charge on any atom is 0.244 e. The molecule has 0 aromatic heterocycles. The fraction of sp³-hybridized carbons (Fsp3) is 0.381. The summed E-state index contributed by atoms with van der Waals surface area (Å²) in [6.45, 7) is 3.55. The summed E-state index contributed by atoms with van der Waals surface area (Å²) in [6, 6.07) is 10.3. The van der Waals surface area contributed by atoms with Crippen LogP contribution in [0.15, 0.2) is 42.5 Å². The molecule has 9 heteroatoms. The monoisotopic (exact) mass is 454 g/mol. The van der Waals surface area contributed by atoms with Crippen LogP contribution in [0.2, 0.25) is 5.02 Å². The molecule has 0 bridgehead atoms. The van der Waals surface area contributed by atoms with Crippen molar-refractivity contribution < 1.29 is 22.7 Å². The maximum absolute atomic E-state index is 13.1. The highest BCUT2D eigenvalue weighted by molar-refractivity contribution is 7.92. The Kier molecular flexibility index (Phi) is 7.97. The molecule has 0 saturated carbocycles. The number of anilines is 1. The van der Waals surface area contributed by atoms with Crippen molar-refractivity contribution in [1.82, 2.24) is 5.32 Å². The molecule has 0 aliphatic rings. The minimum Gasteiger partial charge on any atom is -0.497 e. The Balaban J connectivity index is 2.37. The molecule has 0 saturated heterocycles. The van der Waals surface area contributed by atoms with Gasteiger partial charge in [-0.2, -0.15) is 0 Å². The van der Waals surface area contributed by atoms with Gasteiger partial charge in [0.2, 0.25) is 15.9 Å². The van der Waals surface area contributed by atoms with Crippen molar-refractivity contribution in [2.45, 2.75) is 32.4 Å². The minimum absolute atomic E-state index is 0.271. The minimum atomic E-state index is -3.75. The van der Waals surface area contributed by atoms with E-state index in [1.54, 1.807) is 64.5 Å². The number of amides is 1. The van der Waals surface area contributed by atoms with Gasteiger partial charge < -0.3 is 14.8 Å². The average molecular weight is 455 g/mol. The normalized spacial score (nSPS) is 13.3. The van der Waals surface area contributed by atoms with Crippen LogP contribution in [0.25, 0.3) is 0 Å². The zero-order valence-electron chi connectivity index (χ0n) is 17.7. The number of hydrogen-bond donors (Lipinski definition) is 1. The van der Waals surface area contributed by atoms with Crippen LogP contribution >= 0.6 is 11.6 Å². The second-order valence-electron chi connectivity index (χ2n) is 6.80. The Morgan fingerprint density at radius 2 is 1.87 bits per heavy atom. The summed E-state index contributed by atoms with van der Waals surface area (Å²) in [5.74, 6) is 0.780. The molecule has 0 aliphatic heterocycles. The summed E-state index contributed by atoms with van der Waals surface area (Å²) in [5.41, 5.74) is 1.05. The van der Waals surface area contributed by atoms with E-state index in [1.165, 1.54) is 6.07 Å². The molecule has 7 nitrogen and oxygen atoms in total. The van der Waals surface area contributed by atoms with E-state index in [-0.39, 0.29) is 6.42 Å². The first-order valence-corrected chi connectivity index (χ1v) is 11.6. The van der Waals surface area contributed by atoms with Crippen molar-refractivity contribution in [3.05, 3.63) is 53.1 Å². The Morgan fingerprint density at radius 1 is 1.17 bits per heavy atom. The highest BCUT2D eigenvalue weighted by atomic mass is 35.5. The van der Waals surface area contributed by atoms with Crippen molar-refractivity contribution in [3.8, 4) is 11.5 Å². The molecule has 1 N–H and O–H groups in total. The van der Waals surface area contributed by atoms with Gasteiger partial charge in [0.15, 0.2) is 0 Å². The van der Waals surface area contributed by atoms with Crippen molar-refractivity contribution in [3.63, 3.8) is 0 Å². The van der Waals surface area contributed by atoms with Gasteiger partial charge in [0.05, 0.1) is 32.2 Å². The molecular formula is C21H27ClN2O5S. The van der Waals surface area contributed by atoms with E-state index in [2.05, 4.69) is 5.32 Å². The summed E-state index contributed by atoms with van der Waals surface area (Å²) in [5, 5.41) is 3.28. The highest BCUT2D eigenvalue weighted by Gasteiger charge is 2.32. The lowest BCUT2D eigenvalue weighted by atomic mass is 10.1. The number of halogens is 1. The molecule has 2 atom stereocenters. The number of nitrogens with one attached hydrogen (secondary N) is 1. The van der Waals surface area contributed by atoms with Gasteiger partial charge in [-0.1, -0.05) is 24.6 Å². The smallest absolute Gasteiger partial charge is 0.244 e. The van der Waals surface area contributed by atoms with Gasteiger partial charge in [-0.25, -0.2) is 8.42 Å². The van der Waals surface area contributed by atoms with Crippen molar-refractivity contribution in [2.75, 3.05) is 24.8 Å². The maximum atomic E-state index is 13.1. The Morgan fingerprint density at radius 3 is 2.40 bits per heavy atom. The Bertz CT molecular complexity index is 997. The lowest BCUT2D eigenvalue weighted by Gasteiger charge is -2.31. The molecule has 0 heterocycles. The van der Waals surface area contributed by atoms with E-state index in [4.69, 9.17) is 21.1 Å². The van der Waals surface area contributed by atoms with E-state index in [0.29, 0.717) is 27.8 Å². The molecule has 0 aliphatic carbocycles. The molecule has 0 radical (unpaired) electrons. The SMILES string of the molecule is CC[C@H](C(=O)N[C@@H](C)c1cc(OC)ccc1OC)N(c1cccc(Cl)c1)S(C)(=O)=O. The lowest BCUT2D eigenvalue weighted by molar-refractivity contribution is -0.122. The van der Waals surface area contributed by atoms with Crippen LogP contribution in [0.5, 0.6) is 11.5 Å². The molecule has 30 heavy (non-hydrogen) atoms. The van der Waals surface area contributed by atoms with Crippen LogP contribution in [0.3, 0.4) is 0 Å². The van der Waals surface area contributed by atoms with Gasteiger partial charge in [0, 0.05) is 10.6 Å². The molecule has 1 amide bonds. The number of hydrogen-bond acceptors (Lipinski definition) is 5. The number of rotatable bonds is 9. The number of carbonyl (C=O) groups excluding carboxylic acids is 1. The second-order valence-corrected chi connectivity index (χ2v) is 9.10. The number of benzene rings is 2.